The third kappa shape index (κ3) is 7.69. The number of rotatable bonds is 14. The van der Waals surface area contributed by atoms with Crippen molar-refractivity contribution in [3.63, 3.8) is 0 Å². The molecule has 1 aromatic carbocycles. The monoisotopic (exact) mass is 549 g/mol. The second-order valence-corrected chi connectivity index (χ2v) is 10.6. The van der Waals surface area contributed by atoms with E-state index in [0.717, 1.165) is 15.6 Å². The molecule has 2 aromatic heterocycles. The minimum Gasteiger partial charge on any atom is -0.481 e. The van der Waals surface area contributed by atoms with Crippen LogP contribution in [0.15, 0.2) is 35.7 Å². The van der Waals surface area contributed by atoms with Crippen LogP contribution in [0.5, 0.6) is 0 Å². The Bertz CT molecular complexity index is 1390. The molecule has 0 radical (unpaired) electrons. The largest absolute Gasteiger partial charge is 0.481 e. The SMILES string of the molecule is NNc1ccc(-c2cc(C(=O)NCCS(=O)(=O)O)nc(N(C=O)CCCCCC(=O)O)c2)c2sccc12. The van der Waals surface area contributed by atoms with Crippen LogP contribution in [0.3, 0.4) is 0 Å². The predicted molar refractivity (Wildman–Crippen MR) is 141 cm³/mol. The maximum atomic E-state index is 12.8. The van der Waals surface area contributed by atoms with Crippen LogP contribution in [-0.4, -0.2) is 60.2 Å². The van der Waals surface area contributed by atoms with E-state index in [-0.39, 0.29) is 31.0 Å². The van der Waals surface area contributed by atoms with Crippen molar-refractivity contribution in [1.82, 2.24) is 10.3 Å². The highest BCUT2D eigenvalue weighted by Crippen LogP contribution is 2.37. The quantitative estimate of drug-likeness (QED) is 0.0656. The van der Waals surface area contributed by atoms with Gasteiger partial charge in [-0.15, -0.1) is 11.3 Å². The summed E-state index contributed by atoms with van der Waals surface area (Å²) in [7, 11) is -4.26. The Morgan fingerprint density at radius 3 is 2.62 bits per heavy atom. The molecule has 0 unspecified atom stereocenters. The Morgan fingerprint density at radius 1 is 1.16 bits per heavy atom. The van der Waals surface area contributed by atoms with Gasteiger partial charge in [0.1, 0.15) is 11.5 Å². The van der Waals surface area contributed by atoms with Crippen LogP contribution in [0.4, 0.5) is 11.5 Å². The van der Waals surface area contributed by atoms with E-state index in [0.29, 0.717) is 36.9 Å². The summed E-state index contributed by atoms with van der Waals surface area (Å²) < 4.78 is 31.8. The van der Waals surface area contributed by atoms with Crippen LogP contribution in [0.1, 0.15) is 36.2 Å². The first kappa shape index (κ1) is 28.0. The Kier molecular flexibility index (Phi) is 9.52. The summed E-state index contributed by atoms with van der Waals surface area (Å²) in [6.07, 6.45) is 2.20. The third-order valence-electron chi connectivity index (χ3n) is 5.48. The average Bonchev–Trinajstić information content (AvgIpc) is 3.34. The molecule has 3 rings (SSSR count). The van der Waals surface area contributed by atoms with Gasteiger partial charge in [-0.1, -0.05) is 12.5 Å². The number of pyridine rings is 1. The third-order valence-corrected chi connectivity index (χ3v) is 7.15. The number of nitrogens with two attached hydrogens (primary N) is 1. The van der Waals surface area contributed by atoms with Gasteiger partial charge in [-0.05, 0) is 53.6 Å². The average molecular weight is 550 g/mol. The number of benzene rings is 1. The van der Waals surface area contributed by atoms with E-state index in [2.05, 4.69) is 15.7 Å². The first-order valence-corrected chi connectivity index (χ1v) is 13.8. The second-order valence-electron chi connectivity index (χ2n) is 8.11. The molecule has 0 saturated carbocycles. The molecule has 0 atom stereocenters. The number of hydrazine groups is 1. The number of carbonyl (C=O) groups is 3. The van der Waals surface area contributed by atoms with Crippen molar-refractivity contribution < 1.29 is 32.5 Å². The number of carboxylic acids is 1. The van der Waals surface area contributed by atoms with Gasteiger partial charge >= 0.3 is 5.97 Å². The lowest BCUT2D eigenvalue weighted by Gasteiger charge is -2.19. The lowest BCUT2D eigenvalue weighted by molar-refractivity contribution is -0.137. The van der Waals surface area contributed by atoms with E-state index < -0.39 is 27.7 Å². The highest BCUT2D eigenvalue weighted by Gasteiger charge is 2.18. The first-order chi connectivity index (χ1) is 17.6. The Labute approximate surface area is 217 Å². The molecule has 37 heavy (non-hydrogen) atoms. The minimum atomic E-state index is -4.26. The molecular weight excluding hydrogens is 522 g/mol. The number of unbranched alkanes of at least 4 members (excludes halogenated alkanes) is 2. The lowest BCUT2D eigenvalue weighted by Crippen LogP contribution is -2.30. The van der Waals surface area contributed by atoms with E-state index >= 15 is 0 Å². The second kappa shape index (κ2) is 12.6. The molecule has 0 aliphatic heterocycles. The molecule has 0 aliphatic carbocycles. The maximum Gasteiger partial charge on any atom is 0.303 e. The lowest BCUT2D eigenvalue weighted by atomic mass is 10.0. The van der Waals surface area contributed by atoms with E-state index in [1.807, 2.05) is 17.5 Å². The van der Waals surface area contributed by atoms with Gasteiger partial charge < -0.3 is 15.8 Å². The fourth-order valence-electron chi connectivity index (χ4n) is 3.69. The van der Waals surface area contributed by atoms with Crippen LogP contribution in [0, 0.1) is 0 Å². The molecule has 2 amide bonds. The molecule has 12 nitrogen and oxygen atoms in total. The molecule has 6 N–H and O–H groups in total. The topological polar surface area (TPSA) is 192 Å². The van der Waals surface area contributed by atoms with Gasteiger partial charge in [-0.2, -0.15) is 8.42 Å². The van der Waals surface area contributed by atoms with Gasteiger partial charge in [0.05, 0.1) is 11.4 Å². The normalized spacial score (nSPS) is 11.3. The number of anilines is 2. The summed E-state index contributed by atoms with van der Waals surface area (Å²) in [6.45, 7) is -0.0697. The molecule has 0 bridgehead atoms. The number of thiophene rings is 1. The molecular formula is C23H27N5O7S2. The van der Waals surface area contributed by atoms with Crippen molar-refractivity contribution in [2.24, 2.45) is 5.84 Å². The number of hydrogen-bond acceptors (Lipinski definition) is 9. The number of aliphatic carboxylic acids is 1. The Balaban J connectivity index is 1.96. The molecule has 0 saturated heterocycles. The molecule has 3 aromatic rings. The number of nitrogens with zero attached hydrogens (tertiary/aromatic N) is 2. The summed E-state index contributed by atoms with van der Waals surface area (Å²) in [5, 5.41) is 14.0. The summed E-state index contributed by atoms with van der Waals surface area (Å²) in [4.78, 5) is 41.1. The Morgan fingerprint density at radius 2 is 1.95 bits per heavy atom. The summed E-state index contributed by atoms with van der Waals surface area (Å²) in [6, 6.07) is 8.72. The van der Waals surface area contributed by atoms with Gasteiger partial charge in [0.15, 0.2) is 0 Å². The smallest absolute Gasteiger partial charge is 0.303 e. The summed E-state index contributed by atoms with van der Waals surface area (Å²) >= 11 is 1.47. The van der Waals surface area contributed by atoms with Gasteiger partial charge in [-0.3, -0.25) is 29.7 Å². The van der Waals surface area contributed by atoms with Crippen molar-refractivity contribution in [1.29, 1.82) is 0 Å². The van der Waals surface area contributed by atoms with E-state index in [1.165, 1.54) is 22.3 Å². The van der Waals surface area contributed by atoms with Gasteiger partial charge in [0.25, 0.3) is 16.0 Å². The Hall–Kier alpha value is -3.59. The fraction of sp³-hybridized carbons (Fsp3) is 0.304. The van der Waals surface area contributed by atoms with Crippen molar-refractivity contribution in [3.8, 4) is 11.1 Å². The minimum absolute atomic E-state index is 0.0349. The zero-order valence-corrected chi connectivity index (χ0v) is 21.3. The predicted octanol–water partition coefficient (Wildman–Crippen LogP) is 2.47. The molecule has 0 fully saturated rings. The standard InChI is InChI=1S/C23H27N5O7S2/c24-27-18-6-5-16(22-17(18)7-10-36-22)15-12-19(23(32)25-8-11-37(33,34)35)26-20(13-15)28(14-29)9-3-1-2-4-21(30)31/h5-7,10,12-14,27H,1-4,8-9,11,24H2,(H,25,32)(H,30,31)(H,33,34,35). The van der Waals surface area contributed by atoms with Crippen molar-refractivity contribution in [2.75, 3.05) is 29.2 Å². The van der Waals surface area contributed by atoms with Crippen LogP contribution in [0.2, 0.25) is 0 Å². The number of nitrogen functional groups attached to an aromatic ring is 1. The van der Waals surface area contributed by atoms with Crippen molar-refractivity contribution in [3.05, 3.63) is 41.4 Å². The van der Waals surface area contributed by atoms with Gasteiger partial charge in [0.2, 0.25) is 6.41 Å². The van der Waals surface area contributed by atoms with Gasteiger partial charge in [-0.25, -0.2) is 4.98 Å². The molecule has 0 aliphatic rings. The highest BCUT2D eigenvalue weighted by atomic mass is 32.2. The maximum absolute atomic E-state index is 12.8. The zero-order valence-electron chi connectivity index (χ0n) is 19.7. The van der Waals surface area contributed by atoms with Gasteiger partial charge in [0, 0.05) is 29.6 Å². The number of aromatic nitrogens is 1. The van der Waals surface area contributed by atoms with Crippen molar-refractivity contribution >= 4 is 61.3 Å². The van der Waals surface area contributed by atoms with E-state index in [9.17, 15) is 22.8 Å². The first-order valence-electron chi connectivity index (χ1n) is 11.3. The van der Waals surface area contributed by atoms with E-state index in [1.54, 1.807) is 12.1 Å². The molecule has 198 valence electrons. The van der Waals surface area contributed by atoms with Crippen LogP contribution in [0.25, 0.3) is 21.2 Å². The number of carbonyl (C=O) groups excluding carboxylic acids is 2. The molecule has 2 heterocycles. The number of amides is 2. The molecule has 0 spiro atoms. The summed E-state index contributed by atoms with van der Waals surface area (Å²) in [5.74, 6) is 3.60. The molecule has 14 heteroatoms. The van der Waals surface area contributed by atoms with Crippen LogP contribution < -0.4 is 21.5 Å². The summed E-state index contributed by atoms with van der Waals surface area (Å²) in [5.41, 5.74) is 4.68. The highest BCUT2D eigenvalue weighted by molar-refractivity contribution is 7.85. The van der Waals surface area contributed by atoms with Crippen LogP contribution in [-0.2, 0) is 19.7 Å². The fourth-order valence-corrected chi connectivity index (χ4v) is 5.01. The van der Waals surface area contributed by atoms with Crippen molar-refractivity contribution in [2.45, 2.75) is 25.7 Å². The number of nitrogens with one attached hydrogen (secondary N) is 2. The number of carboxylic acid groups (broad SMARTS) is 1. The number of fused-ring (bicyclic) bond motifs is 1. The van der Waals surface area contributed by atoms with E-state index in [4.69, 9.17) is 15.5 Å². The number of hydrogen-bond donors (Lipinski definition) is 5. The van der Waals surface area contributed by atoms with Crippen LogP contribution >= 0.6 is 11.3 Å². The zero-order chi connectivity index (χ0) is 27.0.